The number of hydrogen-bond acceptors (Lipinski definition) is 7. The summed E-state index contributed by atoms with van der Waals surface area (Å²) in [6, 6.07) is 0. The van der Waals surface area contributed by atoms with E-state index in [1.165, 1.54) is 64.2 Å². The van der Waals surface area contributed by atoms with Crippen LogP contribution in [0.3, 0.4) is 0 Å². The van der Waals surface area contributed by atoms with Crippen molar-refractivity contribution < 1.29 is 37.3 Å². The number of allylic oxidation sites excluding steroid dienone is 10. The van der Waals surface area contributed by atoms with Crippen molar-refractivity contribution in [1.29, 1.82) is 0 Å². The molecule has 51 heavy (non-hydrogen) atoms. The van der Waals surface area contributed by atoms with Crippen LogP contribution in [0.25, 0.3) is 0 Å². The summed E-state index contributed by atoms with van der Waals surface area (Å²) < 4.78 is 34.4. The van der Waals surface area contributed by atoms with Gasteiger partial charge in [-0.15, -0.1) is 0 Å². The monoisotopic (exact) mass is 738 g/mol. The Balaban J connectivity index is 4.40. The zero-order chi connectivity index (χ0) is 37.7. The van der Waals surface area contributed by atoms with E-state index in [9.17, 15) is 14.3 Å². The molecule has 0 aliphatic rings. The fraction of sp³-hybridized carbons (Fsp3) is 0.738. The first-order valence-electron chi connectivity index (χ1n) is 20.0. The van der Waals surface area contributed by atoms with Crippen molar-refractivity contribution in [3.63, 3.8) is 0 Å². The molecular formula is C42H76NO7P. The highest BCUT2D eigenvalue weighted by Gasteiger charge is 2.20. The van der Waals surface area contributed by atoms with Gasteiger partial charge in [0.1, 0.15) is 19.3 Å². The van der Waals surface area contributed by atoms with E-state index in [0.717, 1.165) is 51.4 Å². The smallest absolute Gasteiger partial charge is 0.306 e. The van der Waals surface area contributed by atoms with Gasteiger partial charge in [0.25, 0.3) is 7.82 Å². The minimum atomic E-state index is -4.53. The number of unbranched alkanes of at least 4 members (excludes halogenated alkanes) is 12. The summed E-state index contributed by atoms with van der Waals surface area (Å²) in [5.41, 5.74) is 0. The van der Waals surface area contributed by atoms with Crippen LogP contribution in [0.4, 0.5) is 0 Å². The van der Waals surface area contributed by atoms with E-state index >= 15 is 0 Å². The predicted octanol–water partition coefficient (Wildman–Crippen LogP) is 10.7. The van der Waals surface area contributed by atoms with Gasteiger partial charge in [-0.1, -0.05) is 145 Å². The van der Waals surface area contributed by atoms with Crippen molar-refractivity contribution in [2.75, 3.05) is 54.1 Å². The first kappa shape index (κ1) is 49.2. The quantitative estimate of drug-likeness (QED) is 0.0208. The molecule has 0 heterocycles. The van der Waals surface area contributed by atoms with E-state index in [0.29, 0.717) is 24.1 Å². The van der Waals surface area contributed by atoms with Crippen LogP contribution < -0.4 is 4.89 Å². The summed E-state index contributed by atoms with van der Waals surface area (Å²) in [4.78, 5) is 24.9. The third-order valence-electron chi connectivity index (χ3n) is 8.08. The number of rotatable bonds is 36. The van der Waals surface area contributed by atoms with E-state index < -0.39 is 19.9 Å². The number of ether oxygens (including phenoxy) is 2. The van der Waals surface area contributed by atoms with Crippen LogP contribution in [0, 0.1) is 0 Å². The number of hydrogen-bond donors (Lipinski definition) is 0. The van der Waals surface area contributed by atoms with Gasteiger partial charge in [-0.05, 0) is 51.4 Å². The molecule has 0 aromatic heterocycles. The van der Waals surface area contributed by atoms with Crippen molar-refractivity contribution in [1.82, 2.24) is 0 Å². The van der Waals surface area contributed by atoms with Crippen LogP contribution in [-0.4, -0.2) is 70.7 Å². The lowest BCUT2D eigenvalue weighted by Crippen LogP contribution is -2.37. The van der Waals surface area contributed by atoms with Crippen LogP contribution in [0.5, 0.6) is 0 Å². The zero-order valence-corrected chi connectivity index (χ0v) is 34.2. The van der Waals surface area contributed by atoms with Gasteiger partial charge in [0.15, 0.2) is 0 Å². The Morgan fingerprint density at radius 3 is 1.63 bits per heavy atom. The van der Waals surface area contributed by atoms with Gasteiger partial charge in [0.05, 0.1) is 34.4 Å². The van der Waals surface area contributed by atoms with Crippen molar-refractivity contribution in [2.45, 2.75) is 148 Å². The minimum absolute atomic E-state index is 0.0139. The van der Waals surface area contributed by atoms with Crippen LogP contribution in [-0.2, 0) is 27.9 Å². The normalized spacial score (nSPS) is 14.5. The summed E-state index contributed by atoms with van der Waals surface area (Å²) in [7, 11) is 1.31. The molecular weight excluding hydrogens is 661 g/mol. The van der Waals surface area contributed by atoms with Crippen LogP contribution >= 0.6 is 7.82 Å². The average molecular weight is 738 g/mol. The third kappa shape index (κ3) is 39.2. The summed E-state index contributed by atoms with van der Waals surface area (Å²) in [5, 5.41) is 0. The molecule has 0 saturated carbocycles. The predicted molar refractivity (Wildman–Crippen MR) is 212 cm³/mol. The van der Waals surface area contributed by atoms with E-state index in [-0.39, 0.29) is 26.2 Å². The molecule has 0 radical (unpaired) electrons. The van der Waals surface area contributed by atoms with E-state index in [2.05, 4.69) is 74.6 Å². The fourth-order valence-electron chi connectivity index (χ4n) is 4.99. The Bertz CT molecular complexity index is 1000. The van der Waals surface area contributed by atoms with Gasteiger partial charge < -0.3 is 27.9 Å². The van der Waals surface area contributed by atoms with Crippen LogP contribution in [0.1, 0.15) is 142 Å². The SMILES string of the molecule is CC/C=C\C/C=C\C/C=C\C/C=C\C/C=C\CCCC(=O)OC(COCCCCCCCCCCCCCC)COP(=O)([O-])OCC[N+](C)(C)C. The number of phosphoric ester groups is 1. The summed E-state index contributed by atoms with van der Waals surface area (Å²) in [6.45, 7) is 5.20. The third-order valence-corrected chi connectivity index (χ3v) is 9.05. The second-order valence-electron chi connectivity index (χ2n) is 14.3. The molecule has 0 aliphatic heterocycles. The molecule has 2 unspecified atom stereocenters. The molecule has 0 saturated heterocycles. The molecule has 0 spiro atoms. The second-order valence-corrected chi connectivity index (χ2v) is 15.7. The maximum absolute atomic E-state index is 12.6. The van der Waals surface area contributed by atoms with Gasteiger partial charge in [-0.2, -0.15) is 0 Å². The number of carbonyl (C=O) groups is 1. The maximum Gasteiger partial charge on any atom is 0.306 e. The Morgan fingerprint density at radius 1 is 0.627 bits per heavy atom. The Morgan fingerprint density at radius 2 is 1.12 bits per heavy atom. The molecule has 0 fully saturated rings. The van der Waals surface area contributed by atoms with E-state index in [4.69, 9.17) is 18.5 Å². The van der Waals surface area contributed by atoms with Crippen LogP contribution in [0.15, 0.2) is 60.8 Å². The van der Waals surface area contributed by atoms with Crippen molar-refractivity contribution in [3.05, 3.63) is 60.8 Å². The minimum Gasteiger partial charge on any atom is -0.756 e. The largest absolute Gasteiger partial charge is 0.756 e. The number of carbonyl (C=O) groups excluding carboxylic acids is 1. The summed E-state index contributed by atoms with van der Waals surface area (Å²) in [6.07, 6.45) is 42.4. The molecule has 0 aliphatic carbocycles. The van der Waals surface area contributed by atoms with Crippen molar-refractivity contribution >= 4 is 13.8 Å². The first-order valence-corrected chi connectivity index (χ1v) is 21.5. The van der Waals surface area contributed by atoms with E-state index in [1.54, 1.807) is 0 Å². The number of likely N-dealkylation sites (N-methyl/N-ethyl adjacent to an activating group) is 1. The molecule has 8 nitrogen and oxygen atoms in total. The highest BCUT2D eigenvalue weighted by atomic mass is 31.2. The number of esters is 1. The number of nitrogens with zero attached hydrogens (tertiary/aromatic N) is 1. The van der Waals surface area contributed by atoms with Gasteiger partial charge in [-0.25, -0.2) is 0 Å². The van der Waals surface area contributed by atoms with Crippen molar-refractivity contribution in [2.24, 2.45) is 0 Å². The topological polar surface area (TPSA) is 94.1 Å². The Hall–Kier alpha value is -1.80. The summed E-state index contributed by atoms with van der Waals surface area (Å²) >= 11 is 0. The highest BCUT2D eigenvalue weighted by Crippen LogP contribution is 2.38. The molecule has 0 rings (SSSR count). The second kappa shape index (κ2) is 35.2. The molecule has 9 heteroatoms. The van der Waals surface area contributed by atoms with Gasteiger partial charge >= 0.3 is 5.97 Å². The van der Waals surface area contributed by atoms with Gasteiger partial charge in [0, 0.05) is 13.0 Å². The molecule has 0 amide bonds. The lowest BCUT2D eigenvalue weighted by atomic mass is 10.1. The van der Waals surface area contributed by atoms with Crippen LogP contribution in [0.2, 0.25) is 0 Å². The lowest BCUT2D eigenvalue weighted by molar-refractivity contribution is -0.870. The lowest BCUT2D eigenvalue weighted by Gasteiger charge is -2.28. The first-order chi connectivity index (χ1) is 24.6. The fourth-order valence-corrected chi connectivity index (χ4v) is 5.72. The average Bonchev–Trinajstić information content (AvgIpc) is 3.08. The molecule has 0 N–H and O–H groups in total. The molecule has 0 aromatic carbocycles. The van der Waals surface area contributed by atoms with Crippen molar-refractivity contribution in [3.8, 4) is 0 Å². The Labute approximate surface area is 313 Å². The standard InChI is InChI=1S/C42H76NO7P/c1-6-8-10-12-14-16-18-20-21-22-23-24-25-27-29-31-33-35-42(44)50-41(40-49-51(45,46)48-38-36-43(3,4)5)39-47-37-34-32-30-28-26-19-17-15-13-11-9-7-2/h8,10,14,16,20-21,23-24,27,29,41H,6-7,9,11-13,15,17-19,22,25-26,28,30-40H2,1-5H3/b10-8-,16-14-,21-20-,24-23-,29-27-. The number of quaternary nitrogens is 1. The Kier molecular flexibility index (Phi) is 34.0. The maximum atomic E-state index is 12.6. The van der Waals surface area contributed by atoms with Gasteiger partial charge in [0.2, 0.25) is 0 Å². The van der Waals surface area contributed by atoms with E-state index in [1.807, 2.05) is 21.1 Å². The summed E-state index contributed by atoms with van der Waals surface area (Å²) in [5.74, 6) is -0.392. The molecule has 296 valence electrons. The highest BCUT2D eigenvalue weighted by molar-refractivity contribution is 7.45. The van der Waals surface area contributed by atoms with Gasteiger partial charge in [-0.3, -0.25) is 9.36 Å². The molecule has 0 aromatic rings. The molecule has 0 bridgehead atoms. The zero-order valence-electron chi connectivity index (χ0n) is 33.3. The number of phosphoric acid groups is 1. The molecule has 2 atom stereocenters.